The van der Waals surface area contributed by atoms with E-state index < -0.39 is 0 Å². The zero-order valence-corrected chi connectivity index (χ0v) is 13.4. The topological polar surface area (TPSA) is 81.9 Å². The van der Waals surface area contributed by atoms with E-state index in [0.29, 0.717) is 24.7 Å². The number of carbonyl (C=O) groups is 1. The Morgan fingerprint density at radius 2 is 2.36 bits per heavy atom. The van der Waals surface area contributed by atoms with Crippen molar-refractivity contribution in [1.29, 1.82) is 0 Å². The molecule has 0 spiro atoms. The largest absolute Gasteiger partial charge is 0.383 e. The highest BCUT2D eigenvalue weighted by Gasteiger charge is 2.15. The number of thioether (sulfide) groups is 1. The quantitative estimate of drug-likeness (QED) is 0.738. The van der Waals surface area contributed by atoms with Gasteiger partial charge in [-0.15, -0.1) is 10.2 Å². The Balaban J connectivity index is 1.84. The summed E-state index contributed by atoms with van der Waals surface area (Å²) >= 11 is 1.40. The van der Waals surface area contributed by atoms with Gasteiger partial charge in [-0.05, 0) is 19.1 Å². The van der Waals surface area contributed by atoms with Gasteiger partial charge < -0.3 is 14.6 Å². The van der Waals surface area contributed by atoms with Crippen LogP contribution in [-0.4, -0.2) is 45.1 Å². The zero-order valence-electron chi connectivity index (χ0n) is 12.6. The highest BCUT2D eigenvalue weighted by atomic mass is 32.2. The molecule has 1 N–H and O–H groups in total. The molecule has 0 aliphatic heterocycles. The van der Waals surface area contributed by atoms with E-state index >= 15 is 0 Å². The molecule has 1 amide bonds. The Kier molecular flexibility index (Phi) is 6.35. The highest BCUT2D eigenvalue weighted by Crippen LogP contribution is 2.14. The molecular weight excluding hydrogens is 302 g/mol. The number of nitrogens with one attached hydrogen (secondary N) is 1. The summed E-state index contributed by atoms with van der Waals surface area (Å²) in [6.07, 6.45) is 3.35. The highest BCUT2D eigenvalue weighted by molar-refractivity contribution is 7.99. The maximum atomic E-state index is 12.0. The van der Waals surface area contributed by atoms with Crippen LogP contribution in [0, 0.1) is 0 Å². The molecule has 2 aromatic heterocycles. The fourth-order valence-corrected chi connectivity index (χ4v) is 2.55. The molecule has 2 aromatic rings. The van der Waals surface area contributed by atoms with Crippen molar-refractivity contribution in [2.24, 2.45) is 0 Å². The Morgan fingerprint density at radius 3 is 3.09 bits per heavy atom. The second kappa shape index (κ2) is 8.50. The lowest BCUT2D eigenvalue weighted by molar-refractivity contribution is -0.119. The number of ether oxygens (including phenoxy) is 1. The summed E-state index contributed by atoms with van der Waals surface area (Å²) in [5.74, 6) is 0.964. The molecule has 0 saturated carbocycles. The van der Waals surface area contributed by atoms with Crippen molar-refractivity contribution in [3.05, 3.63) is 36.5 Å². The lowest BCUT2D eigenvalue weighted by Gasteiger charge is -2.14. The maximum absolute atomic E-state index is 12.0. The summed E-state index contributed by atoms with van der Waals surface area (Å²) < 4.78 is 6.92. The number of nitrogens with zero attached hydrogens (tertiary/aromatic N) is 4. The predicted molar refractivity (Wildman–Crippen MR) is 83.4 cm³/mol. The monoisotopic (exact) mass is 321 g/mol. The van der Waals surface area contributed by atoms with Crippen LogP contribution < -0.4 is 5.32 Å². The predicted octanol–water partition coefficient (Wildman–Crippen LogP) is 1.29. The van der Waals surface area contributed by atoms with Crippen molar-refractivity contribution < 1.29 is 9.53 Å². The fraction of sp³-hybridized carbons (Fsp3) is 0.429. The molecule has 0 aromatic carbocycles. The van der Waals surface area contributed by atoms with E-state index in [1.54, 1.807) is 19.6 Å². The van der Waals surface area contributed by atoms with Crippen molar-refractivity contribution >= 4 is 17.7 Å². The lowest BCUT2D eigenvalue weighted by atomic mass is 10.3. The molecule has 2 heterocycles. The van der Waals surface area contributed by atoms with Gasteiger partial charge in [-0.3, -0.25) is 4.79 Å². The molecule has 0 fully saturated rings. The standard InChI is InChI=1S/C14H19N5O2S/c1-11(14-18-16-10-19(14)7-8-21-2)17-12(20)9-22-13-5-3-4-6-15-13/h3-6,10-11H,7-9H2,1-2H3,(H,17,20). The van der Waals surface area contributed by atoms with Crippen molar-refractivity contribution in [3.8, 4) is 0 Å². The van der Waals surface area contributed by atoms with E-state index in [-0.39, 0.29) is 11.9 Å². The molecule has 0 aliphatic carbocycles. The van der Waals surface area contributed by atoms with Gasteiger partial charge in [0.2, 0.25) is 5.91 Å². The summed E-state index contributed by atoms with van der Waals surface area (Å²) in [5, 5.41) is 11.7. The van der Waals surface area contributed by atoms with Gasteiger partial charge >= 0.3 is 0 Å². The average Bonchev–Trinajstić information content (AvgIpc) is 3.00. The van der Waals surface area contributed by atoms with E-state index in [0.717, 1.165) is 5.03 Å². The summed E-state index contributed by atoms with van der Waals surface area (Å²) in [6.45, 7) is 3.11. The Labute approximate surface area is 133 Å². The summed E-state index contributed by atoms with van der Waals surface area (Å²) in [6, 6.07) is 5.41. The molecule has 8 heteroatoms. The maximum Gasteiger partial charge on any atom is 0.230 e. The van der Waals surface area contributed by atoms with Crippen LogP contribution in [0.3, 0.4) is 0 Å². The molecule has 2 rings (SSSR count). The number of carbonyl (C=O) groups excluding carboxylic acids is 1. The Hall–Kier alpha value is -1.93. The van der Waals surface area contributed by atoms with Crippen LogP contribution in [-0.2, 0) is 16.1 Å². The van der Waals surface area contributed by atoms with Crippen molar-refractivity contribution in [1.82, 2.24) is 25.1 Å². The second-order valence-electron chi connectivity index (χ2n) is 4.62. The molecule has 0 bridgehead atoms. The molecule has 22 heavy (non-hydrogen) atoms. The minimum absolute atomic E-state index is 0.0653. The van der Waals surface area contributed by atoms with E-state index in [4.69, 9.17) is 4.74 Å². The van der Waals surface area contributed by atoms with Gasteiger partial charge in [0.05, 0.1) is 23.4 Å². The molecule has 1 atom stereocenters. The van der Waals surface area contributed by atoms with E-state index in [9.17, 15) is 4.79 Å². The van der Waals surface area contributed by atoms with Crippen molar-refractivity contribution in [2.75, 3.05) is 19.5 Å². The van der Waals surface area contributed by atoms with Crippen LogP contribution in [0.2, 0.25) is 0 Å². The lowest BCUT2D eigenvalue weighted by Crippen LogP contribution is -2.30. The molecule has 7 nitrogen and oxygen atoms in total. The smallest absolute Gasteiger partial charge is 0.230 e. The van der Waals surface area contributed by atoms with Crippen LogP contribution in [0.5, 0.6) is 0 Å². The van der Waals surface area contributed by atoms with Crippen LogP contribution in [0.15, 0.2) is 35.7 Å². The summed E-state index contributed by atoms with van der Waals surface area (Å²) in [5.41, 5.74) is 0. The number of rotatable bonds is 8. The molecule has 0 aliphatic rings. The van der Waals surface area contributed by atoms with E-state index in [1.165, 1.54) is 11.8 Å². The molecular formula is C14H19N5O2S. The number of methoxy groups -OCH3 is 1. The third-order valence-corrected chi connectivity index (χ3v) is 3.88. The van der Waals surface area contributed by atoms with Gasteiger partial charge in [0.1, 0.15) is 6.33 Å². The Bertz CT molecular complexity index is 590. The van der Waals surface area contributed by atoms with Gasteiger partial charge in [-0.1, -0.05) is 17.8 Å². The first-order valence-corrected chi connectivity index (χ1v) is 7.89. The van der Waals surface area contributed by atoms with Crippen LogP contribution in [0.1, 0.15) is 18.8 Å². The van der Waals surface area contributed by atoms with Crippen LogP contribution in [0.25, 0.3) is 0 Å². The first-order valence-electron chi connectivity index (χ1n) is 6.90. The van der Waals surface area contributed by atoms with Crippen LogP contribution >= 0.6 is 11.8 Å². The SMILES string of the molecule is COCCn1cnnc1C(C)NC(=O)CSc1ccccn1. The van der Waals surface area contributed by atoms with Gasteiger partial charge in [0, 0.05) is 19.9 Å². The van der Waals surface area contributed by atoms with Gasteiger partial charge in [-0.25, -0.2) is 4.98 Å². The van der Waals surface area contributed by atoms with E-state index in [2.05, 4.69) is 20.5 Å². The van der Waals surface area contributed by atoms with Gasteiger partial charge in [-0.2, -0.15) is 0 Å². The third-order valence-electron chi connectivity index (χ3n) is 2.94. The summed E-state index contributed by atoms with van der Waals surface area (Å²) in [4.78, 5) is 16.2. The first-order chi connectivity index (χ1) is 10.7. The molecule has 0 radical (unpaired) electrons. The molecule has 0 saturated heterocycles. The average molecular weight is 321 g/mol. The van der Waals surface area contributed by atoms with E-state index in [1.807, 2.05) is 29.7 Å². The molecule has 1 unspecified atom stereocenters. The number of aromatic nitrogens is 4. The minimum atomic E-state index is -0.212. The van der Waals surface area contributed by atoms with Gasteiger partial charge in [0.25, 0.3) is 0 Å². The zero-order chi connectivity index (χ0) is 15.8. The molecule has 118 valence electrons. The Morgan fingerprint density at radius 1 is 1.50 bits per heavy atom. The number of hydrogen-bond acceptors (Lipinski definition) is 6. The second-order valence-corrected chi connectivity index (χ2v) is 5.62. The number of hydrogen-bond donors (Lipinski definition) is 1. The van der Waals surface area contributed by atoms with Crippen molar-refractivity contribution in [2.45, 2.75) is 24.5 Å². The van der Waals surface area contributed by atoms with Gasteiger partial charge in [0.15, 0.2) is 5.82 Å². The first kappa shape index (κ1) is 16.4. The number of amides is 1. The van der Waals surface area contributed by atoms with Crippen LogP contribution in [0.4, 0.5) is 0 Å². The number of pyridine rings is 1. The minimum Gasteiger partial charge on any atom is -0.383 e. The summed E-state index contributed by atoms with van der Waals surface area (Å²) in [7, 11) is 1.64. The van der Waals surface area contributed by atoms with Crippen molar-refractivity contribution in [3.63, 3.8) is 0 Å². The third kappa shape index (κ3) is 4.81. The fourth-order valence-electron chi connectivity index (χ4n) is 1.88. The normalized spacial score (nSPS) is 12.1.